The SMILES string of the molecule is Cc1ccnc2c1C(SC#N)c1ccccc1CC2. The van der Waals surface area contributed by atoms with E-state index >= 15 is 0 Å². The van der Waals surface area contributed by atoms with Gasteiger partial charge in [0.1, 0.15) is 5.40 Å². The molecule has 0 spiro atoms. The van der Waals surface area contributed by atoms with Crippen LogP contribution in [0.2, 0.25) is 0 Å². The number of hydrogen-bond acceptors (Lipinski definition) is 3. The van der Waals surface area contributed by atoms with Gasteiger partial charge in [-0.3, -0.25) is 4.98 Å². The first-order valence-corrected chi connectivity index (χ1v) is 7.26. The molecule has 1 atom stereocenters. The van der Waals surface area contributed by atoms with Crippen molar-refractivity contribution >= 4 is 11.8 Å². The number of fused-ring (bicyclic) bond motifs is 2. The number of pyridine rings is 1. The molecule has 0 saturated carbocycles. The molecule has 3 heteroatoms. The van der Waals surface area contributed by atoms with Crippen LogP contribution in [0.5, 0.6) is 0 Å². The Balaban J connectivity index is 2.23. The Hall–Kier alpha value is -1.79. The first-order chi connectivity index (χ1) is 9.31. The lowest BCUT2D eigenvalue weighted by Gasteiger charge is -2.18. The number of aromatic nitrogens is 1. The molecule has 0 fully saturated rings. The first kappa shape index (κ1) is 12.3. The quantitative estimate of drug-likeness (QED) is 0.737. The van der Waals surface area contributed by atoms with E-state index in [0.717, 1.165) is 18.5 Å². The Morgan fingerprint density at radius 3 is 2.95 bits per heavy atom. The van der Waals surface area contributed by atoms with E-state index < -0.39 is 0 Å². The molecule has 0 N–H and O–H groups in total. The van der Waals surface area contributed by atoms with Gasteiger partial charge in [0, 0.05) is 11.9 Å². The fourth-order valence-corrected chi connectivity index (χ4v) is 3.69. The van der Waals surface area contributed by atoms with E-state index in [1.165, 1.54) is 34.0 Å². The van der Waals surface area contributed by atoms with Gasteiger partial charge in [0.2, 0.25) is 0 Å². The van der Waals surface area contributed by atoms with Crippen molar-refractivity contribution in [1.29, 1.82) is 5.26 Å². The highest BCUT2D eigenvalue weighted by Gasteiger charge is 2.26. The predicted molar refractivity (Wildman–Crippen MR) is 77.9 cm³/mol. The normalized spacial score (nSPS) is 16.9. The summed E-state index contributed by atoms with van der Waals surface area (Å²) in [6.07, 6.45) is 3.83. The third kappa shape index (κ3) is 2.13. The lowest BCUT2D eigenvalue weighted by molar-refractivity contribution is 0.911. The lowest BCUT2D eigenvalue weighted by atomic mass is 9.98. The second-order valence-corrected chi connectivity index (χ2v) is 5.67. The maximum atomic E-state index is 9.14. The Kier molecular flexibility index (Phi) is 3.27. The van der Waals surface area contributed by atoms with E-state index in [1.807, 2.05) is 12.3 Å². The van der Waals surface area contributed by atoms with Crippen LogP contribution in [0.15, 0.2) is 36.5 Å². The Morgan fingerprint density at radius 2 is 2.11 bits per heavy atom. The zero-order chi connectivity index (χ0) is 13.2. The zero-order valence-corrected chi connectivity index (χ0v) is 11.6. The third-order valence-corrected chi connectivity index (χ3v) is 4.52. The van der Waals surface area contributed by atoms with Gasteiger partial charge in [-0.1, -0.05) is 24.3 Å². The maximum absolute atomic E-state index is 9.14. The van der Waals surface area contributed by atoms with Crippen molar-refractivity contribution in [3.63, 3.8) is 0 Å². The van der Waals surface area contributed by atoms with Crippen LogP contribution in [-0.2, 0) is 12.8 Å². The van der Waals surface area contributed by atoms with Crippen molar-refractivity contribution in [2.45, 2.75) is 25.0 Å². The number of benzene rings is 1. The zero-order valence-electron chi connectivity index (χ0n) is 10.8. The molecule has 0 bridgehead atoms. The standard InChI is InChI=1S/C16H14N2S/c1-11-8-9-18-14-7-6-12-4-2-3-5-13(12)16(15(11)14)19-10-17/h2-5,8-9,16H,6-7H2,1H3. The minimum atomic E-state index is 0.0902. The van der Waals surface area contributed by atoms with Crippen molar-refractivity contribution in [1.82, 2.24) is 4.98 Å². The minimum Gasteiger partial charge on any atom is -0.261 e. The van der Waals surface area contributed by atoms with Crippen molar-refractivity contribution in [3.8, 4) is 5.40 Å². The van der Waals surface area contributed by atoms with Crippen LogP contribution in [0, 0.1) is 17.6 Å². The van der Waals surface area contributed by atoms with E-state index in [4.69, 9.17) is 5.26 Å². The molecule has 1 aromatic carbocycles. The van der Waals surface area contributed by atoms with Gasteiger partial charge >= 0.3 is 0 Å². The fourth-order valence-electron chi connectivity index (χ4n) is 2.78. The number of aryl methyl sites for hydroxylation is 3. The highest BCUT2D eigenvalue weighted by atomic mass is 32.2. The molecular formula is C16H14N2S. The molecule has 1 aliphatic carbocycles. The average molecular weight is 266 g/mol. The van der Waals surface area contributed by atoms with E-state index in [0.29, 0.717) is 0 Å². The molecule has 0 saturated heterocycles. The number of thioether (sulfide) groups is 1. The average Bonchev–Trinajstić information content (AvgIpc) is 2.59. The molecular weight excluding hydrogens is 252 g/mol. The molecule has 3 rings (SSSR count). The van der Waals surface area contributed by atoms with E-state index in [2.05, 4.69) is 41.6 Å². The van der Waals surface area contributed by atoms with Crippen molar-refractivity contribution < 1.29 is 0 Å². The molecule has 2 nitrogen and oxygen atoms in total. The molecule has 0 radical (unpaired) electrons. The monoisotopic (exact) mass is 266 g/mol. The maximum Gasteiger partial charge on any atom is 0.134 e. The molecule has 1 aliphatic rings. The van der Waals surface area contributed by atoms with Gasteiger partial charge < -0.3 is 0 Å². The molecule has 0 aliphatic heterocycles. The van der Waals surface area contributed by atoms with E-state index in [-0.39, 0.29) is 5.25 Å². The molecule has 1 aromatic heterocycles. The van der Waals surface area contributed by atoms with Crippen LogP contribution in [0.3, 0.4) is 0 Å². The van der Waals surface area contributed by atoms with Crippen LogP contribution in [-0.4, -0.2) is 4.98 Å². The third-order valence-electron chi connectivity index (χ3n) is 3.69. The Bertz CT molecular complexity index is 658. The minimum absolute atomic E-state index is 0.0902. The molecule has 0 amide bonds. The summed E-state index contributed by atoms with van der Waals surface area (Å²) in [6.45, 7) is 2.11. The highest BCUT2D eigenvalue weighted by molar-refractivity contribution is 8.04. The Labute approximate surface area is 117 Å². The molecule has 2 aromatic rings. The second kappa shape index (κ2) is 5.07. The summed E-state index contributed by atoms with van der Waals surface area (Å²) in [5.41, 5.74) is 6.22. The number of thiocyanates is 1. The summed E-state index contributed by atoms with van der Waals surface area (Å²) in [5.74, 6) is 0. The van der Waals surface area contributed by atoms with Crippen LogP contribution in [0.1, 0.15) is 33.2 Å². The van der Waals surface area contributed by atoms with Gasteiger partial charge in [-0.25, -0.2) is 0 Å². The van der Waals surface area contributed by atoms with Gasteiger partial charge in [0.05, 0.1) is 5.25 Å². The number of nitrogens with zero attached hydrogens (tertiary/aromatic N) is 2. The van der Waals surface area contributed by atoms with Crippen LogP contribution in [0.4, 0.5) is 0 Å². The van der Waals surface area contributed by atoms with E-state index in [1.54, 1.807) is 0 Å². The summed E-state index contributed by atoms with van der Waals surface area (Å²) in [4.78, 5) is 4.53. The smallest absolute Gasteiger partial charge is 0.134 e. The van der Waals surface area contributed by atoms with Gasteiger partial charge in [-0.05, 0) is 59.8 Å². The predicted octanol–water partition coefficient (Wildman–Crippen LogP) is 3.79. The van der Waals surface area contributed by atoms with Gasteiger partial charge in [0.25, 0.3) is 0 Å². The molecule has 1 unspecified atom stereocenters. The van der Waals surface area contributed by atoms with Gasteiger partial charge in [-0.2, -0.15) is 5.26 Å². The van der Waals surface area contributed by atoms with Crippen molar-refractivity contribution in [2.24, 2.45) is 0 Å². The summed E-state index contributed by atoms with van der Waals surface area (Å²) in [5, 5.41) is 11.5. The van der Waals surface area contributed by atoms with Crippen LogP contribution < -0.4 is 0 Å². The number of hydrogen-bond donors (Lipinski definition) is 0. The van der Waals surface area contributed by atoms with Crippen LogP contribution >= 0.6 is 11.8 Å². The summed E-state index contributed by atoms with van der Waals surface area (Å²) >= 11 is 1.33. The lowest BCUT2D eigenvalue weighted by Crippen LogP contribution is -2.03. The van der Waals surface area contributed by atoms with Crippen molar-refractivity contribution in [3.05, 3.63) is 64.5 Å². The second-order valence-electron chi connectivity index (χ2n) is 4.78. The molecule has 1 heterocycles. The molecule has 19 heavy (non-hydrogen) atoms. The highest BCUT2D eigenvalue weighted by Crippen LogP contribution is 2.42. The number of rotatable bonds is 1. The first-order valence-electron chi connectivity index (χ1n) is 6.38. The fraction of sp³-hybridized carbons (Fsp3) is 0.250. The summed E-state index contributed by atoms with van der Waals surface area (Å²) in [7, 11) is 0. The number of nitriles is 1. The summed E-state index contributed by atoms with van der Waals surface area (Å²) < 4.78 is 0. The largest absolute Gasteiger partial charge is 0.261 e. The topological polar surface area (TPSA) is 36.7 Å². The van der Waals surface area contributed by atoms with E-state index in [9.17, 15) is 0 Å². The van der Waals surface area contributed by atoms with Crippen molar-refractivity contribution in [2.75, 3.05) is 0 Å². The van der Waals surface area contributed by atoms with Gasteiger partial charge in [0.15, 0.2) is 0 Å². The van der Waals surface area contributed by atoms with Crippen LogP contribution in [0.25, 0.3) is 0 Å². The summed E-state index contributed by atoms with van der Waals surface area (Å²) in [6, 6.07) is 10.5. The van der Waals surface area contributed by atoms with Gasteiger partial charge in [-0.15, -0.1) is 0 Å². The Morgan fingerprint density at radius 1 is 1.26 bits per heavy atom. The molecule has 94 valence electrons.